The molecular weight excluding hydrogens is 252 g/mol. The molecule has 19 heavy (non-hydrogen) atoms. The van der Waals surface area contributed by atoms with Gasteiger partial charge in [0.05, 0.1) is 12.6 Å². The van der Waals surface area contributed by atoms with Crippen LogP contribution >= 0.6 is 0 Å². The van der Waals surface area contributed by atoms with Crippen molar-refractivity contribution in [3.8, 4) is 0 Å². The fourth-order valence-electron chi connectivity index (χ4n) is 2.92. The van der Waals surface area contributed by atoms with Crippen molar-refractivity contribution in [1.82, 2.24) is 5.43 Å². The van der Waals surface area contributed by atoms with Crippen LogP contribution in [0.25, 0.3) is 0 Å². The van der Waals surface area contributed by atoms with Crippen molar-refractivity contribution in [2.24, 2.45) is 5.84 Å². The molecule has 0 bridgehead atoms. The van der Waals surface area contributed by atoms with Gasteiger partial charge < -0.3 is 23.7 Å². The van der Waals surface area contributed by atoms with Gasteiger partial charge in [0.15, 0.2) is 17.9 Å². The zero-order valence-corrected chi connectivity index (χ0v) is 11.7. The highest BCUT2D eigenvalue weighted by Crippen LogP contribution is 2.40. The van der Waals surface area contributed by atoms with Crippen LogP contribution in [0.3, 0.4) is 0 Å². The molecule has 3 aliphatic heterocycles. The highest BCUT2D eigenvalue weighted by molar-refractivity contribution is 5.00. The molecule has 3 heterocycles. The molecule has 0 aliphatic carbocycles. The Hall–Kier alpha value is -0.280. The maximum absolute atomic E-state index is 5.91. The van der Waals surface area contributed by atoms with E-state index in [2.05, 4.69) is 5.43 Å². The molecule has 0 radical (unpaired) electrons. The van der Waals surface area contributed by atoms with E-state index < -0.39 is 17.9 Å². The number of hydrazine groups is 1. The SMILES string of the molecule is CC1(C)O[C@H]2O[C@H]([C@H]3COC(C)(C)O3)[C@@H](NN)[C@H]2O1. The summed E-state index contributed by atoms with van der Waals surface area (Å²) in [4.78, 5) is 0. The Morgan fingerprint density at radius 3 is 2.32 bits per heavy atom. The maximum atomic E-state index is 5.91. The maximum Gasteiger partial charge on any atom is 0.189 e. The Labute approximate surface area is 112 Å². The van der Waals surface area contributed by atoms with E-state index in [1.54, 1.807) is 0 Å². The Morgan fingerprint density at radius 2 is 1.74 bits per heavy atom. The van der Waals surface area contributed by atoms with Crippen molar-refractivity contribution in [3.63, 3.8) is 0 Å². The predicted octanol–water partition coefficient (Wildman–Crippen LogP) is -0.154. The van der Waals surface area contributed by atoms with Crippen LogP contribution in [0.4, 0.5) is 0 Å². The Morgan fingerprint density at radius 1 is 1.00 bits per heavy atom. The number of ether oxygens (including phenoxy) is 5. The fourth-order valence-corrected chi connectivity index (χ4v) is 2.92. The van der Waals surface area contributed by atoms with Gasteiger partial charge in [0.25, 0.3) is 0 Å². The number of nitrogens with one attached hydrogen (secondary N) is 1. The zero-order chi connectivity index (χ0) is 13.8. The summed E-state index contributed by atoms with van der Waals surface area (Å²) in [6, 6.07) is -0.186. The van der Waals surface area contributed by atoms with Gasteiger partial charge >= 0.3 is 0 Å². The quantitative estimate of drug-likeness (QED) is 0.535. The first-order chi connectivity index (χ1) is 8.81. The molecule has 3 N–H and O–H groups in total. The predicted molar refractivity (Wildman–Crippen MR) is 64.7 cm³/mol. The molecule has 5 atom stereocenters. The van der Waals surface area contributed by atoms with Gasteiger partial charge in [-0.05, 0) is 27.7 Å². The van der Waals surface area contributed by atoms with Gasteiger partial charge in [0.2, 0.25) is 0 Å². The lowest BCUT2D eigenvalue weighted by Crippen LogP contribution is -2.53. The first-order valence-corrected chi connectivity index (χ1v) is 6.60. The third-order valence-corrected chi connectivity index (χ3v) is 3.68. The molecule has 7 heteroatoms. The summed E-state index contributed by atoms with van der Waals surface area (Å²) >= 11 is 0. The largest absolute Gasteiger partial charge is 0.348 e. The van der Waals surface area contributed by atoms with E-state index in [1.807, 2.05) is 27.7 Å². The van der Waals surface area contributed by atoms with Crippen molar-refractivity contribution in [1.29, 1.82) is 0 Å². The van der Waals surface area contributed by atoms with Crippen LogP contribution in [0.2, 0.25) is 0 Å². The lowest BCUT2D eigenvalue weighted by Gasteiger charge is -2.28. The minimum Gasteiger partial charge on any atom is -0.348 e. The molecule has 7 nitrogen and oxygen atoms in total. The molecule has 0 spiro atoms. The third kappa shape index (κ3) is 2.40. The van der Waals surface area contributed by atoms with Crippen LogP contribution in [-0.4, -0.2) is 48.8 Å². The van der Waals surface area contributed by atoms with Crippen molar-refractivity contribution >= 4 is 0 Å². The number of hydrogen-bond acceptors (Lipinski definition) is 7. The fraction of sp³-hybridized carbons (Fsp3) is 1.00. The topological polar surface area (TPSA) is 84.2 Å². The second kappa shape index (κ2) is 4.36. The smallest absolute Gasteiger partial charge is 0.189 e. The first-order valence-electron chi connectivity index (χ1n) is 6.60. The normalized spacial score (nSPS) is 47.5. The van der Waals surface area contributed by atoms with E-state index in [-0.39, 0.29) is 24.4 Å². The molecule has 3 saturated heterocycles. The molecule has 3 rings (SSSR count). The van der Waals surface area contributed by atoms with Crippen LogP contribution in [-0.2, 0) is 23.7 Å². The summed E-state index contributed by atoms with van der Waals surface area (Å²) in [5, 5.41) is 0. The summed E-state index contributed by atoms with van der Waals surface area (Å²) in [5.74, 6) is 4.40. The first kappa shape index (κ1) is 13.7. The third-order valence-electron chi connectivity index (χ3n) is 3.68. The highest BCUT2D eigenvalue weighted by Gasteiger charge is 2.57. The number of fused-ring (bicyclic) bond motifs is 1. The summed E-state index contributed by atoms with van der Waals surface area (Å²) in [6.45, 7) is 7.94. The van der Waals surface area contributed by atoms with Gasteiger partial charge in [0, 0.05) is 0 Å². The Balaban J connectivity index is 1.72. The van der Waals surface area contributed by atoms with Crippen LogP contribution in [0.5, 0.6) is 0 Å². The lowest BCUT2D eigenvalue weighted by atomic mass is 10.0. The van der Waals surface area contributed by atoms with E-state index >= 15 is 0 Å². The van der Waals surface area contributed by atoms with Gasteiger partial charge in [-0.15, -0.1) is 0 Å². The van der Waals surface area contributed by atoms with E-state index in [1.165, 1.54) is 0 Å². The van der Waals surface area contributed by atoms with Crippen LogP contribution in [0.1, 0.15) is 27.7 Å². The standard InChI is InChI=1S/C12H22N2O5/c1-11(2)15-5-6(17-11)8-7(14-13)9-10(16-8)19-12(3,4)18-9/h6-10,14H,5,13H2,1-4H3/t6-,7-,8-,9-,10-/m1/s1. The number of nitrogens with two attached hydrogens (primary N) is 1. The average molecular weight is 274 g/mol. The lowest BCUT2D eigenvalue weighted by molar-refractivity contribution is -0.223. The molecule has 3 aliphatic rings. The number of hydrogen-bond donors (Lipinski definition) is 2. The van der Waals surface area contributed by atoms with Gasteiger partial charge in [-0.2, -0.15) is 0 Å². The van der Waals surface area contributed by atoms with E-state index in [9.17, 15) is 0 Å². The second-order valence-electron chi connectivity index (χ2n) is 6.13. The van der Waals surface area contributed by atoms with Crippen molar-refractivity contribution in [2.75, 3.05) is 6.61 Å². The molecule has 3 fully saturated rings. The summed E-state index contributed by atoms with van der Waals surface area (Å²) in [6.07, 6.45) is -1.10. The molecule has 0 saturated carbocycles. The van der Waals surface area contributed by atoms with Gasteiger partial charge in [-0.1, -0.05) is 0 Å². The minimum atomic E-state index is -0.651. The van der Waals surface area contributed by atoms with E-state index in [0.29, 0.717) is 6.61 Å². The molecule has 0 aromatic heterocycles. The monoisotopic (exact) mass is 274 g/mol. The van der Waals surface area contributed by atoms with Crippen LogP contribution < -0.4 is 11.3 Å². The van der Waals surface area contributed by atoms with Crippen molar-refractivity contribution in [2.45, 2.75) is 69.9 Å². The van der Waals surface area contributed by atoms with E-state index in [0.717, 1.165) is 0 Å². The molecule has 0 aromatic carbocycles. The Kier molecular flexibility index (Phi) is 3.14. The van der Waals surface area contributed by atoms with Gasteiger partial charge in [0.1, 0.15) is 18.3 Å². The van der Waals surface area contributed by atoms with Crippen LogP contribution in [0.15, 0.2) is 0 Å². The molecule has 0 aromatic rings. The number of rotatable bonds is 2. The summed E-state index contributed by atoms with van der Waals surface area (Å²) in [7, 11) is 0. The second-order valence-corrected chi connectivity index (χ2v) is 6.13. The highest BCUT2D eigenvalue weighted by atomic mass is 16.8. The van der Waals surface area contributed by atoms with E-state index in [4.69, 9.17) is 29.5 Å². The van der Waals surface area contributed by atoms with Crippen molar-refractivity contribution in [3.05, 3.63) is 0 Å². The minimum absolute atomic E-state index is 0.183. The zero-order valence-electron chi connectivity index (χ0n) is 11.7. The van der Waals surface area contributed by atoms with Crippen LogP contribution in [0, 0.1) is 0 Å². The van der Waals surface area contributed by atoms with Gasteiger partial charge in [-0.3, -0.25) is 11.3 Å². The van der Waals surface area contributed by atoms with Crippen molar-refractivity contribution < 1.29 is 23.7 Å². The molecule has 0 amide bonds. The molecule has 110 valence electrons. The Bertz CT molecular complexity index is 362. The summed E-state index contributed by atoms with van der Waals surface area (Å²) < 4.78 is 28.8. The average Bonchev–Trinajstić information content (AvgIpc) is 2.87. The molecule has 0 unspecified atom stereocenters. The van der Waals surface area contributed by atoms with Gasteiger partial charge in [-0.25, -0.2) is 0 Å². The molecular formula is C12H22N2O5. The summed E-state index contributed by atoms with van der Waals surface area (Å²) in [5.41, 5.74) is 2.76.